The Morgan fingerprint density at radius 2 is 2.29 bits per heavy atom. The van der Waals surface area contributed by atoms with Gasteiger partial charge in [-0.1, -0.05) is 12.1 Å². The van der Waals surface area contributed by atoms with Gasteiger partial charge in [-0.15, -0.1) is 0 Å². The SMILES string of the molecule is Cc1cccc(C(=O)N2CCOC(C)C2)c1O. The van der Waals surface area contributed by atoms with Crippen molar-refractivity contribution in [3.05, 3.63) is 29.3 Å². The molecule has 4 nitrogen and oxygen atoms in total. The number of phenolic OH excluding ortho intramolecular Hbond substituents is 1. The van der Waals surface area contributed by atoms with Gasteiger partial charge in [-0.2, -0.15) is 0 Å². The summed E-state index contributed by atoms with van der Waals surface area (Å²) in [5, 5.41) is 9.89. The van der Waals surface area contributed by atoms with Gasteiger partial charge in [0.25, 0.3) is 5.91 Å². The molecule has 1 atom stereocenters. The Hall–Kier alpha value is -1.55. The summed E-state index contributed by atoms with van der Waals surface area (Å²) in [6.07, 6.45) is 0.0552. The number of hydrogen-bond donors (Lipinski definition) is 1. The molecule has 0 aliphatic carbocycles. The fourth-order valence-electron chi connectivity index (χ4n) is 2.00. The van der Waals surface area contributed by atoms with Gasteiger partial charge in [0.2, 0.25) is 0 Å². The standard InChI is InChI=1S/C13H17NO3/c1-9-4-3-5-11(12(9)15)13(16)14-6-7-17-10(2)8-14/h3-5,10,15H,6-8H2,1-2H3. The molecule has 1 aromatic rings. The zero-order valence-corrected chi connectivity index (χ0v) is 10.1. The van der Waals surface area contributed by atoms with Crippen molar-refractivity contribution < 1.29 is 14.6 Å². The second-order valence-corrected chi connectivity index (χ2v) is 4.40. The third kappa shape index (κ3) is 2.42. The topological polar surface area (TPSA) is 49.8 Å². The Bertz CT molecular complexity index is 431. The third-order valence-electron chi connectivity index (χ3n) is 3.00. The van der Waals surface area contributed by atoms with Crippen LogP contribution in [-0.2, 0) is 4.74 Å². The molecule has 1 fully saturated rings. The van der Waals surface area contributed by atoms with Gasteiger partial charge in [0.15, 0.2) is 0 Å². The average molecular weight is 235 g/mol. The summed E-state index contributed by atoms with van der Waals surface area (Å²) in [5.41, 5.74) is 1.09. The Morgan fingerprint density at radius 1 is 1.53 bits per heavy atom. The summed E-state index contributed by atoms with van der Waals surface area (Å²) in [6.45, 7) is 5.44. The number of rotatable bonds is 1. The Morgan fingerprint density at radius 3 is 3.00 bits per heavy atom. The number of morpholine rings is 1. The minimum absolute atomic E-state index is 0.0552. The number of carbonyl (C=O) groups excluding carboxylic acids is 1. The van der Waals surface area contributed by atoms with Crippen LogP contribution in [0.1, 0.15) is 22.8 Å². The molecule has 1 aliphatic rings. The lowest BCUT2D eigenvalue weighted by Crippen LogP contribution is -2.44. The number of phenols is 1. The van der Waals surface area contributed by atoms with Crippen LogP contribution in [0.15, 0.2) is 18.2 Å². The smallest absolute Gasteiger partial charge is 0.257 e. The number of amides is 1. The van der Waals surface area contributed by atoms with E-state index < -0.39 is 0 Å². The molecule has 1 unspecified atom stereocenters. The lowest BCUT2D eigenvalue weighted by Gasteiger charge is -2.31. The normalized spacial score (nSPS) is 20.4. The van der Waals surface area contributed by atoms with Crippen molar-refractivity contribution in [1.29, 1.82) is 0 Å². The van der Waals surface area contributed by atoms with Crippen LogP contribution in [0, 0.1) is 6.92 Å². The van der Waals surface area contributed by atoms with Crippen LogP contribution in [-0.4, -0.2) is 41.7 Å². The molecule has 1 N–H and O–H groups in total. The van der Waals surface area contributed by atoms with E-state index in [0.29, 0.717) is 25.3 Å². The van der Waals surface area contributed by atoms with E-state index in [1.165, 1.54) is 0 Å². The Balaban J connectivity index is 2.22. The number of aromatic hydroxyl groups is 1. The molecule has 92 valence electrons. The number of nitrogens with zero attached hydrogens (tertiary/aromatic N) is 1. The summed E-state index contributed by atoms with van der Waals surface area (Å²) in [7, 11) is 0. The van der Waals surface area contributed by atoms with E-state index in [2.05, 4.69) is 0 Å². The van der Waals surface area contributed by atoms with E-state index in [1.807, 2.05) is 6.92 Å². The minimum atomic E-state index is -0.124. The molecule has 1 amide bonds. The van der Waals surface area contributed by atoms with E-state index in [-0.39, 0.29) is 17.8 Å². The first-order valence-electron chi connectivity index (χ1n) is 5.79. The average Bonchev–Trinajstić information content (AvgIpc) is 2.32. The first kappa shape index (κ1) is 11.9. The van der Waals surface area contributed by atoms with Gasteiger partial charge < -0.3 is 14.7 Å². The summed E-state index contributed by atoms with van der Waals surface area (Å²) in [6, 6.07) is 5.23. The highest BCUT2D eigenvalue weighted by Crippen LogP contribution is 2.23. The lowest BCUT2D eigenvalue weighted by molar-refractivity contribution is -0.0125. The minimum Gasteiger partial charge on any atom is -0.507 e. The van der Waals surface area contributed by atoms with Gasteiger partial charge in [-0.05, 0) is 25.5 Å². The van der Waals surface area contributed by atoms with E-state index in [1.54, 1.807) is 30.0 Å². The molecule has 1 heterocycles. The van der Waals surface area contributed by atoms with E-state index in [9.17, 15) is 9.90 Å². The second kappa shape index (κ2) is 4.75. The molecule has 17 heavy (non-hydrogen) atoms. The van der Waals surface area contributed by atoms with Crippen molar-refractivity contribution >= 4 is 5.91 Å². The Labute approximate surface area is 101 Å². The molecule has 1 aliphatic heterocycles. The predicted molar refractivity (Wildman–Crippen MR) is 64.2 cm³/mol. The molecule has 0 aromatic heterocycles. The van der Waals surface area contributed by atoms with Crippen LogP contribution in [0.4, 0.5) is 0 Å². The molecule has 0 bridgehead atoms. The van der Waals surface area contributed by atoms with Gasteiger partial charge in [-0.25, -0.2) is 0 Å². The van der Waals surface area contributed by atoms with Gasteiger partial charge in [0, 0.05) is 13.1 Å². The number of benzene rings is 1. The van der Waals surface area contributed by atoms with Crippen molar-refractivity contribution in [2.45, 2.75) is 20.0 Å². The zero-order chi connectivity index (χ0) is 12.4. The van der Waals surface area contributed by atoms with Crippen molar-refractivity contribution in [3.63, 3.8) is 0 Å². The highest BCUT2D eigenvalue weighted by Gasteiger charge is 2.24. The van der Waals surface area contributed by atoms with Gasteiger partial charge in [-0.3, -0.25) is 4.79 Å². The quantitative estimate of drug-likeness (QED) is 0.803. The number of hydrogen-bond acceptors (Lipinski definition) is 3. The molecule has 1 saturated heterocycles. The molecule has 2 rings (SSSR count). The highest BCUT2D eigenvalue weighted by molar-refractivity contribution is 5.97. The monoisotopic (exact) mass is 235 g/mol. The van der Waals surface area contributed by atoms with Crippen LogP contribution in [0.5, 0.6) is 5.75 Å². The second-order valence-electron chi connectivity index (χ2n) is 4.40. The first-order chi connectivity index (χ1) is 8.09. The first-order valence-corrected chi connectivity index (χ1v) is 5.79. The van der Waals surface area contributed by atoms with Gasteiger partial charge in [0.05, 0.1) is 18.3 Å². The maximum atomic E-state index is 12.2. The predicted octanol–water partition coefficient (Wildman–Crippen LogP) is 1.56. The third-order valence-corrected chi connectivity index (χ3v) is 3.00. The Kier molecular flexibility index (Phi) is 3.33. The van der Waals surface area contributed by atoms with E-state index in [4.69, 9.17) is 4.74 Å². The molecule has 4 heteroatoms. The molecule has 1 aromatic carbocycles. The van der Waals surface area contributed by atoms with Gasteiger partial charge in [0.1, 0.15) is 5.75 Å². The van der Waals surface area contributed by atoms with Crippen molar-refractivity contribution in [1.82, 2.24) is 4.90 Å². The van der Waals surface area contributed by atoms with Crippen molar-refractivity contribution in [2.75, 3.05) is 19.7 Å². The van der Waals surface area contributed by atoms with E-state index >= 15 is 0 Å². The van der Waals surface area contributed by atoms with Crippen LogP contribution in [0.25, 0.3) is 0 Å². The number of ether oxygens (including phenoxy) is 1. The van der Waals surface area contributed by atoms with Crippen molar-refractivity contribution in [3.8, 4) is 5.75 Å². The fourth-order valence-corrected chi connectivity index (χ4v) is 2.00. The van der Waals surface area contributed by atoms with Crippen LogP contribution in [0.2, 0.25) is 0 Å². The largest absolute Gasteiger partial charge is 0.507 e. The molecule has 0 spiro atoms. The molecule has 0 radical (unpaired) electrons. The fraction of sp³-hybridized carbons (Fsp3) is 0.462. The van der Waals surface area contributed by atoms with Gasteiger partial charge >= 0.3 is 0 Å². The summed E-state index contributed by atoms with van der Waals surface area (Å²) in [5.74, 6) is -0.0435. The summed E-state index contributed by atoms with van der Waals surface area (Å²) in [4.78, 5) is 14.0. The molecular weight excluding hydrogens is 218 g/mol. The number of para-hydroxylation sites is 1. The van der Waals surface area contributed by atoms with Crippen molar-refractivity contribution in [2.24, 2.45) is 0 Å². The number of aryl methyl sites for hydroxylation is 1. The van der Waals surface area contributed by atoms with Crippen LogP contribution in [0.3, 0.4) is 0 Å². The highest BCUT2D eigenvalue weighted by atomic mass is 16.5. The van der Waals surface area contributed by atoms with E-state index in [0.717, 1.165) is 5.56 Å². The van der Waals surface area contributed by atoms with Crippen LogP contribution < -0.4 is 0 Å². The summed E-state index contributed by atoms with van der Waals surface area (Å²) >= 11 is 0. The zero-order valence-electron chi connectivity index (χ0n) is 10.1. The van der Waals surface area contributed by atoms with Crippen LogP contribution >= 0.6 is 0 Å². The summed E-state index contributed by atoms with van der Waals surface area (Å²) < 4.78 is 5.39. The molecular formula is C13H17NO3. The lowest BCUT2D eigenvalue weighted by atomic mass is 10.1. The molecule has 0 saturated carbocycles. The maximum absolute atomic E-state index is 12.2. The number of carbonyl (C=O) groups is 1. The maximum Gasteiger partial charge on any atom is 0.257 e.